The van der Waals surface area contributed by atoms with E-state index in [2.05, 4.69) is 70.7 Å². The number of aromatic amines is 1. The first-order valence-corrected chi connectivity index (χ1v) is 12.4. The first-order chi connectivity index (χ1) is 18.5. The van der Waals surface area contributed by atoms with Crippen LogP contribution in [0.2, 0.25) is 0 Å². The number of aliphatic hydroxyl groups excluding tert-OH is 1. The van der Waals surface area contributed by atoms with Crippen molar-refractivity contribution in [3.05, 3.63) is 105 Å². The van der Waals surface area contributed by atoms with Crippen LogP contribution in [0.25, 0.3) is 43.1 Å². The summed E-state index contributed by atoms with van der Waals surface area (Å²) in [6, 6.07) is 22.9. The first kappa shape index (κ1) is 23.5. The molecule has 0 unspecified atom stereocenters. The molecular formula is C31H23N3O4. The number of fused-ring (bicyclic) bond motifs is 2. The summed E-state index contributed by atoms with van der Waals surface area (Å²) in [6.07, 6.45) is 1.72. The molecule has 5 aromatic carbocycles. The topological polar surface area (TPSA) is 104 Å². The molecule has 0 aliphatic heterocycles. The number of carbonyl (C=O) groups excluding carboxylic acids is 1. The molecule has 0 aliphatic rings. The first-order valence-electron chi connectivity index (χ1n) is 12.4. The SMILES string of the molecule is O=C(Cn1cc(C#Cc2ccc3c4cccc5cccc(c6cccc2c63)c54)c(=O)[nH]c1=O)NCCCO. The lowest BCUT2D eigenvalue weighted by Crippen LogP contribution is -2.37. The van der Waals surface area contributed by atoms with E-state index in [0.29, 0.717) is 13.0 Å². The molecule has 38 heavy (non-hydrogen) atoms. The Hall–Kier alpha value is -4.93. The Morgan fingerprint density at radius 3 is 2.18 bits per heavy atom. The van der Waals surface area contributed by atoms with Gasteiger partial charge >= 0.3 is 5.69 Å². The van der Waals surface area contributed by atoms with Crippen LogP contribution in [0.1, 0.15) is 17.5 Å². The molecule has 186 valence electrons. The van der Waals surface area contributed by atoms with E-state index in [4.69, 9.17) is 5.11 Å². The van der Waals surface area contributed by atoms with Crippen molar-refractivity contribution in [1.82, 2.24) is 14.9 Å². The molecule has 0 radical (unpaired) electrons. The van der Waals surface area contributed by atoms with Gasteiger partial charge in [0.1, 0.15) is 12.1 Å². The zero-order valence-corrected chi connectivity index (χ0v) is 20.4. The molecule has 0 saturated carbocycles. The monoisotopic (exact) mass is 501 g/mol. The van der Waals surface area contributed by atoms with Gasteiger partial charge in [-0.15, -0.1) is 0 Å². The van der Waals surface area contributed by atoms with Crippen molar-refractivity contribution < 1.29 is 9.90 Å². The van der Waals surface area contributed by atoms with Gasteiger partial charge in [-0.3, -0.25) is 19.1 Å². The molecule has 0 aliphatic carbocycles. The van der Waals surface area contributed by atoms with Crippen molar-refractivity contribution in [2.45, 2.75) is 13.0 Å². The standard InChI is InChI=1S/C31H23N3O4/c35-16-4-15-32-27(36)18-34-17-21(30(37)33-31(34)38)12-11-19-13-14-26-24-9-2-6-20-5-1-8-23(28(20)24)25-10-3-7-22(19)29(25)26/h1-3,5-10,13-14,17,35H,4,15-16,18H2,(H,32,36)(H,33,37,38). The molecule has 0 bridgehead atoms. The highest BCUT2D eigenvalue weighted by molar-refractivity contribution is 6.33. The van der Waals surface area contributed by atoms with Gasteiger partial charge in [-0.25, -0.2) is 4.79 Å². The van der Waals surface area contributed by atoms with E-state index in [0.717, 1.165) is 31.7 Å². The predicted molar refractivity (Wildman–Crippen MR) is 150 cm³/mol. The van der Waals surface area contributed by atoms with Gasteiger partial charge < -0.3 is 10.4 Å². The number of H-pyrrole nitrogens is 1. The second kappa shape index (κ2) is 9.51. The average molecular weight is 502 g/mol. The predicted octanol–water partition coefficient (Wildman–Crippen LogP) is 3.49. The van der Waals surface area contributed by atoms with E-state index < -0.39 is 17.2 Å². The Bertz CT molecular complexity index is 1990. The minimum absolute atomic E-state index is 0.0437. The fourth-order valence-electron chi connectivity index (χ4n) is 5.12. The van der Waals surface area contributed by atoms with Crippen LogP contribution in [0.4, 0.5) is 0 Å². The summed E-state index contributed by atoms with van der Waals surface area (Å²) in [5.41, 5.74) is -0.450. The van der Waals surface area contributed by atoms with Crippen LogP contribution in [-0.2, 0) is 11.3 Å². The fraction of sp³-hybridized carbons (Fsp3) is 0.129. The van der Waals surface area contributed by atoms with Crippen molar-refractivity contribution in [1.29, 1.82) is 0 Å². The number of amides is 1. The number of rotatable bonds is 5. The van der Waals surface area contributed by atoms with E-state index in [9.17, 15) is 14.4 Å². The normalized spacial score (nSPS) is 11.3. The van der Waals surface area contributed by atoms with Gasteiger partial charge in [-0.1, -0.05) is 72.5 Å². The third kappa shape index (κ3) is 3.97. The Morgan fingerprint density at radius 1 is 0.816 bits per heavy atom. The molecule has 6 aromatic rings. The van der Waals surface area contributed by atoms with Crippen LogP contribution in [0.15, 0.2) is 82.5 Å². The molecule has 0 fully saturated rings. The number of aromatic nitrogens is 2. The van der Waals surface area contributed by atoms with Crippen LogP contribution >= 0.6 is 0 Å². The third-order valence-corrected chi connectivity index (χ3v) is 6.84. The molecule has 1 amide bonds. The van der Waals surface area contributed by atoms with Gasteiger partial charge in [0.25, 0.3) is 5.56 Å². The Kier molecular flexibility index (Phi) is 5.87. The lowest BCUT2D eigenvalue weighted by molar-refractivity contribution is -0.121. The van der Waals surface area contributed by atoms with E-state index in [1.54, 1.807) is 0 Å². The van der Waals surface area contributed by atoms with Crippen molar-refractivity contribution in [2.75, 3.05) is 13.2 Å². The minimum Gasteiger partial charge on any atom is -0.396 e. The van der Waals surface area contributed by atoms with Gasteiger partial charge in [0.05, 0.1) is 0 Å². The number of hydrogen-bond acceptors (Lipinski definition) is 4. The molecule has 3 N–H and O–H groups in total. The Morgan fingerprint density at radius 2 is 1.45 bits per heavy atom. The third-order valence-electron chi connectivity index (χ3n) is 6.84. The summed E-state index contributed by atoms with van der Waals surface area (Å²) in [4.78, 5) is 39.1. The summed E-state index contributed by atoms with van der Waals surface area (Å²) in [6.45, 7) is -0.0101. The summed E-state index contributed by atoms with van der Waals surface area (Å²) in [5, 5.41) is 20.7. The van der Waals surface area contributed by atoms with Crippen LogP contribution in [-0.4, -0.2) is 33.7 Å². The molecular weight excluding hydrogens is 478 g/mol. The van der Waals surface area contributed by atoms with Crippen molar-refractivity contribution in [3.63, 3.8) is 0 Å². The molecule has 1 aromatic heterocycles. The molecule has 0 spiro atoms. The number of nitrogens with one attached hydrogen (secondary N) is 2. The van der Waals surface area contributed by atoms with Crippen molar-refractivity contribution in [3.8, 4) is 11.8 Å². The highest BCUT2D eigenvalue weighted by atomic mass is 16.3. The largest absolute Gasteiger partial charge is 0.396 e. The maximum atomic E-state index is 12.5. The van der Waals surface area contributed by atoms with Gasteiger partial charge in [-0.05, 0) is 55.6 Å². The highest BCUT2D eigenvalue weighted by Gasteiger charge is 2.14. The molecule has 1 heterocycles. The van der Waals surface area contributed by atoms with E-state index in [1.165, 1.54) is 27.7 Å². The molecule has 0 saturated heterocycles. The molecule has 7 nitrogen and oxygen atoms in total. The molecule has 0 atom stereocenters. The van der Waals surface area contributed by atoms with E-state index in [-0.39, 0.29) is 18.7 Å². The lowest BCUT2D eigenvalue weighted by Gasteiger charge is -2.14. The molecule has 6 rings (SSSR count). The van der Waals surface area contributed by atoms with Crippen LogP contribution in [0.5, 0.6) is 0 Å². The summed E-state index contributed by atoms with van der Waals surface area (Å²) in [5.74, 6) is 5.64. The number of benzene rings is 5. The number of hydrogen-bond donors (Lipinski definition) is 3. The van der Waals surface area contributed by atoms with Gasteiger partial charge in [0, 0.05) is 24.9 Å². The Balaban J connectivity index is 1.46. The molecule has 7 heteroatoms. The smallest absolute Gasteiger partial charge is 0.328 e. The van der Waals surface area contributed by atoms with Crippen LogP contribution in [0.3, 0.4) is 0 Å². The van der Waals surface area contributed by atoms with E-state index >= 15 is 0 Å². The van der Waals surface area contributed by atoms with Crippen LogP contribution in [0, 0.1) is 11.8 Å². The Labute approximate surface area is 216 Å². The summed E-state index contributed by atoms with van der Waals surface area (Å²) in [7, 11) is 0. The zero-order chi connectivity index (χ0) is 26.2. The zero-order valence-electron chi connectivity index (χ0n) is 20.4. The fourth-order valence-corrected chi connectivity index (χ4v) is 5.12. The maximum absolute atomic E-state index is 12.5. The maximum Gasteiger partial charge on any atom is 0.328 e. The van der Waals surface area contributed by atoms with Gasteiger partial charge in [0.15, 0.2) is 0 Å². The van der Waals surface area contributed by atoms with Crippen molar-refractivity contribution >= 4 is 49.0 Å². The van der Waals surface area contributed by atoms with Crippen LogP contribution < -0.4 is 16.6 Å². The highest BCUT2D eigenvalue weighted by Crippen LogP contribution is 2.40. The number of nitrogens with zero attached hydrogens (tertiary/aromatic N) is 1. The van der Waals surface area contributed by atoms with E-state index in [1.807, 2.05) is 18.2 Å². The average Bonchev–Trinajstić information content (AvgIpc) is 2.93. The van der Waals surface area contributed by atoms with Gasteiger partial charge in [0.2, 0.25) is 5.91 Å². The number of carbonyl (C=O) groups is 1. The number of aliphatic hydroxyl groups is 1. The summed E-state index contributed by atoms with van der Waals surface area (Å²) < 4.78 is 1.12. The quantitative estimate of drug-likeness (QED) is 0.146. The summed E-state index contributed by atoms with van der Waals surface area (Å²) >= 11 is 0. The lowest BCUT2D eigenvalue weighted by atomic mass is 9.88. The second-order valence-electron chi connectivity index (χ2n) is 9.21. The van der Waals surface area contributed by atoms with Crippen molar-refractivity contribution in [2.24, 2.45) is 0 Å². The van der Waals surface area contributed by atoms with Gasteiger partial charge in [-0.2, -0.15) is 0 Å². The second-order valence-corrected chi connectivity index (χ2v) is 9.21. The minimum atomic E-state index is -0.688.